The number of carbonyl (C=O) groups is 3. The number of phenolic OH excluding ortho intramolecular Hbond substituents is 1. The summed E-state index contributed by atoms with van der Waals surface area (Å²) in [6.07, 6.45) is 0.148. The Labute approximate surface area is 264 Å². The van der Waals surface area contributed by atoms with Crippen LogP contribution in [-0.2, 0) is 20.7 Å². The summed E-state index contributed by atoms with van der Waals surface area (Å²) >= 11 is 0. The molecular weight excluding hydrogens is 566 g/mol. The van der Waals surface area contributed by atoms with Crippen LogP contribution < -0.4 is 10.6 Å². The number of fused-ring (bicyclic) bond motifs is 1. The van der Waals surface area contributed by atoms with Crippen LogP contribution in [0.3, 0.4) is 0 Å². The Balaban J connectivity index is 1.53. The lowest BCUT2D eigenvalue weighted by molar-refractivity contribution is -0.141. The SMILES string of the molecule is Cc1ccc(C(C(=O)Nc2ccc3ccccc3c2)N(C(=O)C(Cc2ccc(O)cc2)NC(=O)OC(C)(C)C)C2CC2C)cc1. The summed E-state index contributed by atoms with van der Waals surface area (Å²) in [6.45, 7) is 9.29. The first-order valence-electron chi connectivity index (χ1n) is 15.3. The summed E-state index contributed by atoms with van der Waals surface area (Å²) in [5.74, 6) is -0.462. The molecular formula is C37H41N3O5. The van der Waals surface area contributed by atoms with Crippen molar-refractivity contribution in [2.45, 2.75) is 71.2 Å². The second kappa shape index (κ2) is 13.0. The molecule has 1 aliphatic rings. The first kappa shape index (κ1) is 31.6. The van der Waals surface area contributed by atoms with Gasteiger partial charge in [0.15, 0.2) is 0 Å². The average molecular weight is 608 g/mol. The Hall–Kier alpha value is -4.85. The molecule has 0 bridgehead atoms. The molecule has 5 rings (SSSR count). The lowest BCUT2D eigenvalue weighted by atomic mass is 9.99. The third-order valence-electron chi connectivity index (χ3n) is 7.98. The predicted molar refractivity (Wildman–Crippen MR) is 176 cm³/mol. The number of hydrogen-bond donors (Lipinski definition) is 3. The van der Waals surface area contributed by atoms with E-state index in [2.05, 4.69) is 17.6 Å². The molecule has 0 spiro atoms. The Morgan fingerprint density at radius 1 is 0.933 bits per heavy atom. The second-order valence-electron chi connectivity index (χ2n) is 13.0. The fraction of sp³-hybridized carbons (Fsp3) is 0.324. The highest BCUT2D eigenvalue weighted by atomic mass is 16.6. The Morgan fingerprint density at radius 2 is 1.58 bits per heavy atom. The lowest BCUT2D eigenvalue weighted by Crippen LogP contribution is -2.54. The van der Waals surface area contributed by atoms with E-state index in [4.69, 9.17) is 4.74 Å². The van der Waals surface area contributed by atoms with Crippen molar-refractivity contribution in [3.05, 3.63) is 108 Å². The number of anilines is 1. The number of nitrogens with zero attached hydrogens (tertiary/aromatic N) is 1. The van der Waals surface area contributed by atoms with Crippen molar-refractivity contribution in [3.63, 3.8) is 0 Å². The van der Waals surface area contributed by atoms with Gasteiger partial charge in [-0.05, 0) is 86.2 Å². The number of phenols is 1. The fourth-order valence-electron chi connectivity index (χ4n) is 5.53. The minimum atomic E-state index is -1.03. The number of aromatic hydroxyl groups is 1. The Morgan fingerprint density at radius 3 is 2.20 bits per heavy atom. The first-order chi connectivity index (χ1) is 21.4. The van der Waals surface area contributed by atoms with E-state index >= 15 is 0 Å². The Kier molecular flexibility index (Phi) is 9.14. The maximum absolute atomic E-state index is 14.7. The zero-order chi connectivity index (χ0) is 32.3. The molecule has 4 aromatic carbocycles. The molecule has 4 atom stereocenters. The normalized spacial score (nSPS) is 17.2. The lowest BCUT2D eigenvalue weighted by Gasteiger charge is -2.35. The minimum Gasteiger partial charge on any atom is -0.508 e. The minimum absolute atomic E-state index is 0.0972. The molecule has 4 unspecified atom stereocenters. The highest BCUT2D eigenvalue weighted by Gasteiger charge is 2.48. The molecule has 234 valence electrons. The second-order valence-corrected chi connectivity index (χ2v) is 13.0. The van der Waals surface area contributed by atoms with Gasteiger partial charge in [-0.15, -0.1) is 0 Å². The van der Waals surface area contributed by atoms with E-state index in [0.29, 0.717) is 11.3 Å². The largest absolute Gasteiger partial charge is 0.508 e. The summed E-state index contributed by atoms with van der Waals surface area (Å²) in [5, 5.41) is 17.7. The van der Waals surface area contributed by atoms with E-state index in [-0.39, 0.29) is 35.9 Å². The molecule has 1 aliphatic carbocycles. The van der Waals surface area contributed by atoms with Gasteiger partial charge in [0, 0.05) is 18.2 Å². The summed E-state index contributed by atoms with van der Waals surface area (Å²) < 4.78 is 5.53. The molecule has 45 heavy (non-hydrogen) atoms. The van der Waals surface area contributed by atoms with Gasteiger partial charge in [0.25, 0.3) is 5.91 Å². The first-order valence-corrected chi connectivity index (χ1v) is 15.3. The van der Waals surface area contributed by atoms with Gasteiger partial charge in [0.2, 0.25) is 5.91 Å². The predicted octanol–water partition coefficient (Wildman–Crippen LogP) is 6.91. The summed E-state index contributed by atoms with van der Waals surface area (Å²) in [4.78, 5) is 43.7. The van der Waals surface area contributed by atoms with Gasteiger partial charge in [-0.1, -0.05) is 79.2 Å². The third kappa shape index (κ3) is 8.01. The van der Waals surface area contributed by atoms with E-state index in [1.165, 1.54) is 12.1 Å². The van der Waals surface area contributed by atoms with Crippen molar-refractivity contribution in [3.8, 4) is 5.75 Å². The zero-order valence-electron chi connectivity index (χ0n) is 26.4. The van der Waals surface area contributed by atoms with Crippen molar-refractivity contribution in [1.82, 2.24) is 10.2 Å². The van der Waals surface area contributed by atoms with Crippen molar-refractivity contribution in [2.75, 3.05) is 5.32 Å². The van der Waals surface area contributed by atoms with Crippen LogP contribution >= 0.6 is 0 Å². The fourth-order valence-corrected chi connectivity index (χ4v) is 5.53. The van der Waals surface area contributed by atoms with Crippen molar-refractivity contribution >= 4 is 34.4 Å². The molecule has 0 aromatic heterocycles. The van der Waals surface area contributed by atoms with Gasteiger partial charge in [-0.2, -0.15) is 0 Å². The zero-order valence-corrected chi connectivity index (χ0v) is 26.4. The summed E-state index contributed by atoms with van der Waals surface area (Å²) in [7, 11) is 0. The molecule has 0 aliphatic heterocycles. The molecule has 3 amide bonds. The number of hydrogen-bond acceptors (Lipinski definition) is 5. The quantitative estimate of drug-likeness (QED) is 0.192. The number of carbonyl (C=O) groups excluding carboxylic acids is 3. The van der Waals surface area contributed by atoms with Gasteiger partial charge < -0.3 is 25.4 Å². The smallest absolute Gasteiger partial charge is 0.408 e. The van der Waals surface area contributed by atoms with Crippen LogP contribution in [-0.4, -0.2) is 45.6 Å². The number of nitrogens with one attached hydrogen (secondary N) is 2. The van der Waals surface area contributed by atoms with Gasteiger partial charge >= 0.3 is 6.09 Å². The van der Waals surface area contributed by atoms with Gasteiger partial charge in [0.05, 0.1) is 0 Å². The van der Waals surface area contributed by atoms with Gasteiger partial charge in [0.1, 0.15) is 23.4 Å². The summed E-state index contributed by atoms with van der Waals surface area (Å²) in [6, 6.07) is 25.6. The van der Waals surface area contributed by atoms with Crippen molar-refractivity contribution < 1.29 is 24.2 Å². The molecule has 0 radical (unpaired) electrons. The number of alkyl carbamates (subject to hydrolysis) is 1. The maximum atomic E-state index is 14.7. The number of ether oxygens (including phenoxy) is 1. The van der Waals surface area contributed by atoms with Crippen LogP contribution in [0, 0.1) is 12.8 Å². The van der Waals surface area contributed by atoms with E-state index < -0.39 is 23.8 Å². The maximum Gasteiger partial charge on any atom is 0.408 e. The van der Waals surface area contributed by atoms with Crippen molar-refractivity contribution in [2.24, 2.45) is 5.92 Å². The Bertz CT molecular complexity index is 1680. The van der Waals surface area contributed by atoms with Gasteiger partial charge in [-0.25, -0.2) is 4.79 Å². The van der Waals surface area contributed by atoms with Gasteiger partial charge in [-0.3, -0.25) is 9.59 Å². The molecule has 0 heterocycles. The van der Waals surface area contributed by atoms with E-state index in [9.17, 15) is 19.5 Å². The standard InChI is InChI=1S/C37H41N3O5/c1-23-10-14-27(15-11-23)33(34(42)38-29-17-16-26-8-6-7-9-28(26)22-29)40(32-20-24(32)2)35(43)31(39-36(44)45-37(3,4)5)21-25-12-18-30(41)19-13-25/h6-19,22,24,31-33,41H,20-21H2,1-5H3,(H,38,42)(H,39,44). The highest BCUT2D eigenvalue weighted by molar-refractivity contribution is 6.00. The summed E-state index contributed by atoms with van der Waals surface area (Å²) in [5.41, 5.74) is 2.29. The topological polar surface area (TPSA) is 108 Å². The highest BCUT2D eigenvalue weighted by Crippen LogP contribution is 2.41. The van der Waals surface area contributed by atoms with Crippen LogP contribution in [0.1, 0.15) is 56.8 Å². The molecule has 8 nitrogen and oxygen atoms in total. The molecule has 4 aromatic rings. The van der Waals surface area contributed by atoms with Crippen LogP contribution in [0.4, 0.5) is 10.5 Å². The van der Waals surface area contributed by atoms with E-state index in [0.717, 1.165) is 28.3 Å². The third-order valence-corrected chi connectivity index (χ3v) is 7.98. The van der Waals surface area contributed by atoms with Crippen LogP contribution in [0.2, 0.25) is 0 Å². The number of rotatable bonds is 9. The number of amides is 3. The molecule has 8 heteroatoms. The molecule has 3 N–H and O–H groups in total. The monoisotopic (exact) mass is 607 g/mol. The number of benzene rings is 4. The molecule has 0 saturated heterocycles. The van der Waals surface area contributed by atoms with Crippen molar-refractivity contribution in [1.29, 1.82) is 0 Å². The molecule has 1 fully saturated rings. The van der Waals surface area contributed by atoms with Crippen LogP contribution in [0.15, 0.2) is 91.0 Å². The van der Waals surface area contributed by atoms with E-state index in [1.807, 2.05) is 73.7 Å². The van der Waals surface area contributed by atoms with Crippen LogP contribution in [0.25, 0.3) is 10.8 Å². The average Bonchev–Trinajstić information content (AvgIpc) is 3.71. The molecule has 1 saturated carbocycles. The van der Waals surface area contributed by atoms with Crippen LogP contribution in [0.5, 0.6) is 5.75 Å². The number of aryl methyl sites for hydroxylation is 1. The van der Waals surface area contributed by atoms with E-state index in [1.54, 1.807) is 37.8 Å².